The summed E-state index contributed by atoms with van der Waals surface area (Å²) >= 11 is 1.84. The minimum atomic E-state index is -0.239. The summed E-state index contributed by atoms with van der Waals surface area (Å²) in [5.74, 6) is 0.793. The summed E-state index contributed by atoms with van der Waals surface area (Å²) in [6.07, 6.45) is 3.56. The van der Waals surface area contributed by atoms with Crippen molar-refractivity contribution in [1.82, 2.24) is 0 Å². The number of hydrogen-bond acceptors (Lipinski definition) is 3. The van der Waals surface area contributed by atoms with E-state index in [1.165, 1.54) is 12.8 Å². The Morgan fingerprint density at radius 2 is 2.33 bits per heavy atom. The molecule has 0 saturated carbocycles. The van der Waals surface area contributed by atoms with E-state index in [9.17, 15) is 4.79 Å². The molecule has 3 nitrogen and oxygen atoms in total. The predicted molar refractivity (Wildman–Crippen MR) is 51.8 cm³/mol. The van der Waals surface area contributed by atoms with Crippen LogP contribution in [0.25, 0.3) is 0 Å². The Balaban J connectivity index is 2.46. The number of hydrogen-bond donors (Lipinski definition) is 2. The normalized spacial score (nSPS) is 26.6. The minimum absolute atomic E-state index is 0.115. The van der Waals surface area contributed by atoms with Crippen molar-refractivity contribution in [1.29, 1.82) is 0 Å². The van der Waals surface area contributed by atoms with Gasteiger partial charge in [0.05, 0.1) is 5.92 Å². The van der Waals surface area contributed by atoms with E-state index in [-0.39, 0.29) is 11.8 Å². The van der Waals surface area contributed by atoms with Crippen LogP contribution in [0.15, 0.2) is 0 Å². The summed E-state index contributed by atoms with van der Waals surface area (Å²) in [7, 11) is 0. The molecule has 12 heavy (non-hydrogen) atoms. The molecule has 1 heterocycles. The molecule has 0 aromatic rings. The molecule has 1 saturated heterocycles. The highest BCUT2D eigenvalue weighted by atomic mass is 32.2. The lowest BCUT2D eigenvalue weighted by molar-refractivity contribution is -0.121. The van der Waals surface area contributed by atoms with E-state index >= 15 is 0 Å². The van der Waals surface area contributed by atoms with Crippen LogP contribution in [0.3, 0.4) is 0 Å². The lowest BCUT2D eigenvalue weighted by atomic mass is 10.00. The molecule has 0 aromatic heterocycles. The van der Waals surface area contributed by atoms with Crippen LogP contribution >= 0.6 is 11.8 Å². The van der Waals surface area contributed by atoms with Crippen LogP contribution in [-0.4, -0.2) is 23.5 Å². The lowest BCUT2D eigenvalue weighted by Crippen LogP contribution is -2.38. The molecule has 1 amide bonds. The third-order valence-corrected chi connectivity index (χ3v) is 3.80. The molecule has 4 N–H and O–H groups in total. The van der Waals surface area contributed by atoms with E-state index < -0.39 is 0 Å². The molecule has 0 aromatic carbocycles. The van der Waals surface area contributed by atoms with E-state index in [2.05, 4.69) is 0 Å². The van der Waals surface area contributed by atoms with Gasteiger partial charge < -0.3 is 11.5 Å². The van der Waals surface area contributed by atoms with Gasteiger partial charge in [-0.25, -0.2) is 0 Å². The first kappa shape index (κ1) is 9.86. The van der Waals surface area contributed by atoms with Gasteiger partial charge in [0.15, 0.2) is 0 Å². The highest BCUT2D eigenvalue weighted by Gasteiger charge is 2.26. The zero-order chi connectivity index (χ0) is 8.97. The monoisotopic (exact) mass is 188 g/mol. The Morgan fingerprint density at radius 1 is 1.58 bits per heavy atom. The van der Waals surface area contributed by atoms with Crippen molar-refractivity contribution >= 4 is 17.7 Å². The number of carbonyl (C=O) groups excluding carboxylic acids is 1. The second kappa shape index (κ2) is 4.72. The summed E-state index contributed by atoms with van der Waals surface area (Å²) in [5.41, 5.74) is 10.7. The second-order valence-corrected chi connectivity index (χ2v) is 4.50. The topological polar surface area (TPSA) is 69.1 Å². The van der Waals surface area contributed by atoms with E-state index in [1.807, 2.05) is 11.8 Å². The molecule has 2 unspecified atom stereocenters. The first-order chi connectivity index (χ1) is 5.75. The SMILES string of the molecule is NCC(C(N)=O)C1CCCCS1. The Hall–Kier alpha value is -0.220. The van der Waals surface area contributed by atoms with E-state index in [1.54, 1.807) is 0 Å². The zero-order valence-corrected chi connectivity index (χ0v) is 7.98. The maximum Gasteiger partial charge on any atom is 0.222 e. The summed E-state index contributed by atoms with van der Waals surface area (Å²) in [4.78, 5) is 11.0. The van der Waals surface area contributed by atoms with Gasteiger partial charge in [-0.2, -0.15) is 11.8 Å². The molecule has 1 aliphatic rings. The van der Waals surface area contributed by atoms with Crippen molar-refractivity contribution in [3.05, 3.63) is 0 Å². The Bertz CT molecular complexity index is 157. The van der Waals surface area contributed by atoms with E-state index in [0.29, 0.717) is 11.8 Å². The van der Waals surface area contributed by atoms with Gasteiger partial charge in [0.1, 0.15) is 0 Å². The Labute approximate surface area is 77.3 Å². The zero-order valence-electron chi connectivity index (χ0n) is 7.16. The van der Waals surface area contributed by atoms with E-state index in [4.69, 9.17) is 11.5 Å². The molecular weight excluding hydrogens is 172 g/mol. The van der Waals surface area contributed by atoms with Gasteiger partial charge in [-0.05, 0) is 18.6 Å². The molecular formula is C8H16N2OS. The fourth-order valence-corrected chi connectivity index (χ4v) is 3.02. The summed E-state index contributed by atoms with van der Waals surface area (Å²) in [6, 6.07) is 0. The summed E-state index contributed by atoms with van der Waals surface area (Å²) < 4.78 is 0. The molecule has 1 rings (SSSR count). The average Bonchev–Trinajstić information content (AvgIpc) is 2.07. The number of primary amides is 1. The first-order valence-corrected chi connectivity index (χ1v) is 5.41. The highest BCUT2D eigenvalue weighted by Crippen LogP contribution is 2.30. The fraction of sp³-hybridized carbons (Fsp3) is 0.875. The maximum atomic E-state index is 11.0. The van der Waals surface area contributed by atoms with Crippen LogP contribution in [-0.2, 0) is 4.79 Å². The van der Waals surface area contributed by atoms with E-state index in [0.717, 1.165) is 12.2 Å². The van der Waals surface area contributed by atoms with Gasteiger partial charge in [-0.15, -0.1) is 0 Å². The molecule has 0 aliphatic carbocycles. The molecule has 1 fully saturated rings. The van der Waals surface area contributed by atoms with Gasteiger partial charge in [-0.1, -0.05) is 6.42 Å². The third-order valence-electron chi connectivity index (χ3n) is 2.28. The van der Waals surface area contributed by atoms with Crippen LogP contribution in [0.4, 0.5) is 0 Å². The Morgan fingerprint density at radius 3 is 2.75 bits per heavy atom. The quantitative estimate of drug-likeness (QED) is 0.670. The number of thioether (sulfide) groups is 1. The third kappa shape index (κ3) is 2.38. The van der Waals surface area contributed by atoms with Gasteiger partial charge in [0.2, 0.25) is 5.91 Å². The molecule has 0 radical (unpaired) electrons. The molecule has 1 aliphatic heterocycles. The standard InChI is InChI=1S/C8H16N2OS/c9-5-6(8(10)11)7-3-1-2-4-12-7/h6-7H,1-5,9H2,(H2,10,11). The number of nitrogens with two attached hydrogens (primary N) is 2. The molecule has 0 bridgehead atoms. The fourth-order valence-electron chi connectivity index (χ4n) is 1.53. The van der Waals surface area contributed by atoms with Gasteiger partial charge in [-0.3, -0.25) is 4.79 Å². The van der Waals surface area contributed by atoms with Gasteiger partial charge in [0, 0.05) is 11.8 Å². The Kier molecular flexibility index (Phi) is 3.88. The summed E-state index contributed by atoms with van der Waals surface area (Å²) in [6.45, 7) is 0.396. The second-order valence-electron chi connectivity index (χ2n) is 3.15. The largest absolute Gasteiger partial charge is 0.369 e. The van der Waals surface area contributed by atoms with Crippen molar-refractivity contribution in [2.24, 2.45) is 17.4 Å². The van der Waals surface area contributed by atoms with Crippen molar-refractivity contribution < 1.29 is 4.79 Å². The molecule has 70 valence electrons. The van der Waals surface area contributed by atoms with Crippen molar-refractivity contribution in [2.75, 3.05) is 12.3 Å². The predicted octanol–water partition coefficient (Wildman–Crippen LogP) is 0.332. The van der Waals surface area contributed by atoms with Gasteiger partial charge in [0.25, 0.3) is 0 Å². The van der Waals surface area contributed by atoms with Crippen molar-refractivity contribution in [2.45, 2.75) is 24.5 Å². The lowest BCUT2D eigenvalue weighted by Gasteiger charge is -2.26. The van der Waals surface area contributed by atoms with Crippen LogP contribution in [0.5, 0.6) is 0 Å². The maximum absolute atomic E-state index is 11.0. The van der Waals surface area contributed by atoms with Crippen molar-refractivity contribution in [3.63, 3.8) is 0 Å². The van der Waals surface area contributed by atoms with Crippen LogP contribution < -0.4 is 11.5 Å². The molecule has 2 atom stereocenters. The summed E-state index contributed by atoms with van der Waals surface area (Å²) in [5, 5.41) is 0.376. The van der Waals surface area contributed by atoms with Crippen LogP contribution in [0.1, 0.15) is 19.3 Å². The van der Waals surface area contributed by atoms with Crippen molar-refractivity contribution in [3.8, 4) is 0 Å². The van der Waals surface area contributed by atoms with Crippen LogP contribution in [0.2, 0.25) is 0 Å². The molecule has 0 spiro atoms. The first-order valence-electron chi connectivity index (χ1n) is 4.36. The van der Waals surface area contributed by atoms with Gasteiger partial charge >= 0.3 is 0 Å². The highest BCUT2D eigenvalue weighted by molar-refractivity contribution is 8.00. The number of amides is 1. The van der Waals surface area contributed by atoms with Crippen LogP contribution in [0, 0.1) is 5.92 Å². The minimum Gasteiger partial charge on any atom is -0.369 e. The molecule has 4 heteroatoms. The number of carbonyl (C=O) groups is 1. The average molecular weight is 188 g/mol. The number of rotatable bonds is 3. The smallest absolute Gasteiger partial charge is 0.222 e.